The summed E-state index contributed by atoms with van der Waals surface area (Å²) in [5.41, 5.74) is 0. The van der Waals surface area contributed by atoms with Gasteiger partial charge in [0.15, 0.2) is 6.29 Å². The third-order valence-electron chi connectivity index (χ3n) is 4.83. The fraction of sp³-hybridized carbons (Fsp3) is 1.00. The third-order valence-corrected chi connectivity index (χ3v) is 4.83. The van der Waals surface area contributed by atoms with Crippen molar-refractivity contribution in [3.8, 4) is 0 Å². The van der Waals surface area contributed by atoms with Crippen molar-refractivity contribution in [2.75, 3.05) is 20.3 Å². The van der Waals surface area contributed by atoms with Crippen LogP contribution >= 0.6 is 0 Å². The minimum absolute atomic E-state index is 0.183. The monoisotopic (exact) mass is 362 g/mol. The first-order valence-corrected chi connectivity index (χ1v) is 9.92. The van der Waals surface area contributed by atoms with Gasteiger partial charge in [-0.15, -0.1) is 0 Å². The second-order valence-corrected chi connectivity index (χ2v) is 7.01. The average Bonchev–Trinajstić information content (AvgIpc) is 2.62. The van der Waals surface area contributed by atoms with Crippen molar-refractivity contribution in [1.82, 2.24) is 0 Å². The van der Waals surface area contributed by atoms with Gasteiger partial charge >= 0.3 is 0 Å². The highest BCUT2D eigenvalue weighted by Gasteiger charge is 2.43. The molecule has 0 saturated carbocycles. The minimum Gasteiger partial charge on any atom is -0.387 e. The molecule has 1 aliphatic heterocycles. The van der Waals surface area contributed by atoms with Crippen molar-refractivity contribution >= 4 is 0 Å². The molecule has 0 aromatic rings. The molecule has 1 heterocycles. The van der Waals surface area contributed by atoms with E-state index in [4.69, 9.17) is 14.2 Å². The van der Waals surface area contributed by atoms with Gasteiger partial charge in [-0.25, -0.2) is 0 Å². The van der Waals surface area contributed by atoms with Gasteiger partial charge in [0.05, 0.1) is 6.61 Å². The molecule has 0 amide bonds. The smallest absolute Gasteiger partial charge is 0.186 e. The molecule has 0 spiro atoms. The summed E-state index contributed by atoms with van der Waals surface area (Å²) < 4.78 is 15.9. The summed E-state index contributed by atoms with van der Waals surface area (Å²) in [6, 6.07) is 0. The average molecular weight is 363 g/mol. The molecule has 0 aromatic heterocycles. The molecule has 150 valence electrons. The SMILES string of the molecule is CCCCCCCCCCCCOCC1O[C@H](OC)C(O)[C@@H](O)[C@H]1O. The molecule has 5 atom stereocenters. The Kier molecular flexibility index (Phi) is 12.7. The van der Waals surface area contributed by atoms with Crippen molar-refractivity contribution in [3.63, 3.8) is 0 Å². The molecule has 0 bridgehead atoms. The summed E-state index contributed by atoms with van der Waals surface area (Å²) in [6.07, 6.45) is 7.38. The lowest BCUT2D eigenvalue weighted by Gasteiger charge is -2.39. The van der Waals surface area contributed by atoms with Gasteiger partial charge in [0, 0.05) is 13.7 Å². The molecule has 1 rings (SSSR count). The molecule has 0 aliphatic carbocycles. The second-order valence-electron chi connectivity index (χ2n) is 7.01. The molecular weight excluding hydrogens is 324 g/mol. The number of rotatable bonds is 14. The number of aliphatic hydroxyl groups excluding tert-OH is 3. The van der Waals surface area contributed by atoms with Crippen molar-refractivity contribution in [1.29, 1.82) is 0 Å². The standard InChI is InChI=1S/C19H38O6/c1-3-4-5-6-7-8-9-10-11-12-13-24-14-15-16(20)17(21)18(22)19(23-2)25-15/h15-22H,3-14H2,1-2H3/t15?,16-,17-,18?,19-/m0/s1. The third kappa shape index (κ3) is 8.80. The fourth-order valence-electron chi connectivity index (χ4n) is 3.14. The van der Waals surface area contributed by atoms with Gasteiger partial charge in [0.25, 0.3) is 0 Å². The lowest BCUT2D eigenvalue weighted by molar-refractivity contribution is -0.296. The predicted molar refractivity (Wildman–Crippen MR) is 96.4 cm³/mol. The fourth-order valence-corrected chi connectivity index (χ4v) is 3.14. The first kappa shape index (κ1) is 22.8. The number of ether oxygens (including phenoxy) is 3. The van der Waals surface area contributed by atoms with Crippen LogP contribution in [-0.4, -0.2) is 66.3 Å². The predicted octanol–water partition coefficient (Wildman–Crippen LogP) is 2.38. The zero-order chi connectivity index (χ0) is 18.5. The van der Waals surface area contributed by atoms with E-state index in [0.29, 0.717) is 6.61 Å². The van der Waals surface area contributed by atoms with Gasteiger partial charge < -0.3 is 29.5 Å². The van der Waals surface area contributed by atoms with Gasteiger partial charge in [0.1, 0.15) is 24.4 Å². The summed E-state index contributed by atoms with van der Waals surface area (Å²) in [5, 5.41) is 29.4. The van der Waals surface area contributed by atoms with E-state index in [1.54, 1.807) is 0 Å². The Bertz CT molecular complexity index is 312. The summed E-state index contributed by atoms with van der Waals surface area (Å²) in [6.45, 7) is 3.03. The second kappa shape index (κ2) is 13.9. The van der Waals surface area contributed by atoms with Gasteiger partial charge in [-0.2, -0.15) is 0 Å². The Labute approximate surface area is 152 Å². The molecule has 0 aromatic carbocycles. The maximum atomic E-state index is 9.93. The molecule has 6 heteroatoms. The number of aliphatic hydroxyl groups is 3. The van der Waals surface area contributed by atoms with Crippen molar-refractivity contribution in [2.24, 2.45) is 0 Å². The quantitative estimate of drug-likeness (QED) is 0.411. The van der Waals surface area contributed by atoms with Crippen molar-refractivity contribution < 1.29 is 29.5 Å². The van der Waals surface area contributed by atoms with Crippen molar-refractivity contribution in [2.45, 2.75) is 102 Å². The molecule has 25 heavy (non-hydrogen) atoms. The largest absolute Gasteiger partial charge is 0.387 e. The molecule has 1 saturated heterocycles. The van der Waals surface area contributed by atoms with Gasteiger partial charge in [-0.05, 0) is 6.42 Å². The number of methoxy groups -OCH3 is 1. The zero-order valence-electron chi connectivity index (χ0n) is 15.9. The first-order valence-electron chi connectivity index (χ1n) is 9.92. The molecule has 3 N–H and O–H groups in total. The molecule has 1 aliphatic rings. The number of unbranched alkanes of at least 4 members (excludes halogenated alkanes) is 9. The van der Waals surface area contributed by atoms with E-state index in [1.165, 1.54) is 58.5 Å². The summed E-state index contributed by atoms with van der Waals surface area (Å²) in [4.78, 5) is 0. The summed E-state index contributed by atoms with van der Waals surface area (Å²) >= 11 is 0. The van der Waals surface area contributed by atoms with Gasteiger partial charge in [-0.3, -0.25) is 0 Å². The van der Waals surface area contributed by atoms with Crippen LogP contribution in [0.3, 0.4) is 0 Å². The Morgan fingerprint density at radius 2 is 1.32 bits per heavy atom. The normalized spacial score (nSPS) is 29.9. The molecule has 1 fully saturated rings. The van der Waals surface area contributed by atoms with E-state index in [9.17, 15) is 15.3 Å². The highest BCUT2D eigenvalue weighted by molar-refractivity contribution is 4.88. The highest BCUT2D eigenvalue weighted by Crippen LogP contribution is 2.22. The summed E-state index contributed by atoms with van der Waals surface area (Å²) in [7, 11) is 1.39. The van der Waals surface area contributed by atoms with Crippen LogP contribution < -0.4 is 0 Å². The van der Waals surface area contributed by atoms with Gasteiger partial charge in [-0.1, -0.05) is 64.7 Å². The topological polar surface area (TPSA) is 88.4 Å². The van der Waals surface area contributed by atoms with Crippen LogP contribution in [0.2, 0.25) is 0 Å². The Morgan fingerprint density at radius 1 is 0.760 bits per heavy atom. The van der Waals surface area contributed by atoms with E-state index >= 15 is 0 Å². The van der Waals surface area contributed by atoms with Crippen LogP contribution in [0.4, 0.5) is 0 Å². The lowest BCUT2D eigenvalue weighted by atomic mass is 9.99. The van der Waals surface area contributed by atoms with Crippen molar-refractivity contribution in [3.05, 3.63) is 0 Å². The Hall–Kier alpha value is -0.240. The highest BCUT2D eigenvalue weighted by atomic mass is 16.7. The van der Waals surface area contributed by atoms with E-state index in [0.717, 1.165) is 12.8 Å². The number of hydrogen-bond donors (Lipinski definition) is 3. The summed E-state index contributed by atoms with van der Waals surface area (Å²) in [5.74, 6) is 0. The molecule has 2 unspecified atom stereocenters. The van der Waals surface area contributed by atoms with Crippen LogP contribution in [0.15, 0.2) is 0 Å². The van der Waals surface area contributed by atoms with Crippen LogP contribution in [-0.2, 0) is 14.2 Å². The lowest BCUT2D eigenvalue weighted by Crippen LogP contribution is -2.59. The van der Waals surface area contributed by atoms with E-state index in [1.807, 2.05) is 0 Å². The Balaban J connectivity index is 1.99. The molecule has 6 nitrogen and oxygen atoms in total. The minimum atomic E-state index is -1.29. The molecule has 0 radical (unpaired) electrons. The van der Waals surface area contributed by atoms with Crippen LogP contribution in [0.5, 0.6) is 0 Å². The van der Waals surface area contributed by atoms with Crippen LogP contribution in [0, 0.1) is 0 Å². The van der Waals surface area contributed by atoms with E-state index in [-0.39, 0.29) is 6.61 Å². The maximum absolute atomic E-state index is 9.93. The molecular formula is C19H38O6. The van der Waals surface area contributed by atoms with Gasteiger partial charge in [0.2, 0.25) is 0 Å². The first-order chi connectivity index (χ1) is 12.1. The number of hydrogen-bond acceptors (Lipinski definition) is 6. The van der Waals surface area contributed by atoms with Crippen LogP contribution in [0.1, 0.15) is 71.1 Å². The van der Waals surface area contributed by atoms with E-state index in [2.05, 4.69) is 6.92 Å². The Morgan fingerprint density at radius 3 is 1.88 bits per heavy atom. The van der Waals surface area contributed by atoms with Crippen LogP contribution in [0.25, 0.3) is 0 Å². The zero-order valence-corrected chi connectivity index (χ0v) is 15.9. The van der Waals surface area contributed by atoms with E-state index < -0.39 is 30.7 Å². The maximum Gasteiger partial charge on any atom is 0.186 e.